The molecule has 0 aromatic heterocycles. The van der Waals surface area contributed by atoms with Crippen molar-refractivity contribution in [2.24, 2.45) is 5.73 Å². The quantitative estimate of drug-likeness (QED) is 0.921. The van der Waals surface area contributed by atoms with Crippen molar-refractivity contribution in [2.75, 3.05) is 12.0 Å². The average Bonchev–Trinajstić information content (AvgIpc) is 2.13. The lowest BCUT2D eigenvalue weighted by Gasteiger charge is -2.11. The fraction of sp³-hybridized carbons (Fsp3) is 0.400. The lowest BCUT2D eigenvalue weighted by Crippen LogP contribution is -2.15. The molecule has 0 saturated heterocycles. The Hall–Kier alpha value is -0.390. The second kappa shape index (κ2) is 5.09. The summed E-state index contributed by atoms with van der Waals surface area (Å²) in [5, 5.41) is 0. The Kier molecular flexibility index (Phi) is 4.31. The van der Waals surface area contributed by atoms with Crippen LogP contribution < -0.4 is 5.73 Å². The maximum atomic E-state index is 11.0. The van der Waals surface area contributed by atoms with Crippen molar-refractivity contribution in [2.45, 2.75) is 12.5 Å². The van der Waals surface area contributed by atoms with Gasteiger partial charge < -0.3 is 5.73 Å². The lowest BCUT2D eigenvalue weighted by molar-refractivity contribution is 0.591. The maximum Gasteiger partial charge on any atom is 0.147 e. The van der Waals surface area contributed by atoms with Gasteiger partial charge in [0.25, 0.3) is 0 Å². The van der Waals surface area contributed by atoms with Crippen molar-refractivity contribution >= 4 is 25.8 Å². The molecule has 0 aliphatic rings. The standard InChI is InChI=1S/C10H14BrNO2S/c1-15(13,14)6-5-10(12)8-3-2-4-9(11)7-8/h2-4,7,10H,5-6,12H2,1H3. The number of rotatable bonds is 4. The van der Waals surface area contributed by atoms with E-state index in [1.165, 1.54) is 6.26 Å². The second-order valence-corrected chi connectivity index (χ2v) is 6.76. The average molecular weight is 292 g/mol. The Balaban J connectivity index is 2.65. The molecule has 0 fully saturated rings. The van der Waals surface area contributed by atoms with E-state index in [0.717, 1.165) is 10.0 Å². The summed E-state index contributed by atoms with van der Waals surface area (Å²) >= 11 is 3.35. The van der Waals surface area contributed by atoms with Gasteiger partial charge in [-0.15, -0.1) is 0 Å². The summed E-state index contributed by atoms with van der Waals surface area (Å²) in [6, 6.07) is 7.38. The summed E-state index contributed by atoms with van der Waals surface area (Å²) < 4.78 is 22.9. The number of nitrogens with two attached hydrogens (primary N) is 1. The molecule has 1 rings (SSSR count). The van der Waals surface area contributed by atoms with Gasteiger partial charge in [0.15, 0.2) is 0 Å². The highest BCUT2D eigenvalue weighted by Crippen LogP contribution is 2.19. The second-order valence-electron chi connectivity index (χ2n) is 3.58. The van der Waals surface area contributed by atoms with Gasteiger partial charge >= 0.3 is 0 Å². The summed E-state index contributed by atoms with van der Waals surface area (Å²) in [5.41, 5.74) is 6.84. The summed E-state index contributed by atoms with van der Waals surface area (Å²) in [6.07, 6.45) is 1.68. The van der Waals surface area contributed by atoms with Gasteiger partial charge in [0.1, 0.15) is 9.84 Å². The normalized spacial score (nSPS) is 13.8. The molecule has 1 aromatic carbocycles. The summed E-state index contributed by atoms with van der Waals surface area (Å²) in [5.74, 6) is 0.126. The Morgan fingerprint density at radius 3 is 2.67 bits per heavy atom. The number of benzene rings is 1. The predicted molar refractivity (Wildman–Crippen MR) is 65.4 cm³/mol. The molecule has 0 bridgehead atoms. The highest BCUT2D eigenvalue weighted by atomic mass is 79.9. The third kappa shape index (κ3) is 4.77. The highest BCUT2D eigenvalue weighted by Gasteiger charge is 2.10. The van der Waals surface area contributed by atoms with Crippen molar-refractivity contribution in [3.63, 3.8) is 0 Å². The number of hydrogen-bond donors (Lipinski definition) is 1. The first-order chi connectivity index (χ1) is 6.88. The van der Waals surface area contributed by atoms with Crippen molar-refractivity contribution in [3.05, 3.63) is 34.3 Å². The molecule has 0 amide bonds. The molecule has 5 heteroatoms. The first-order valence-electron chi connectivity index (χ1n) is 4.57. The van der Waals surface area contributed by atoms with E-state index in [1.54, 1.807) is 0 Å². The molecule has 0 saturated carbocycles. The summed E-state index contributed by atoms with van der Waals surface area (Å²) in [4.78, 5) is 0. The van der Waals surface area contributed by atoms with Crippen LogP contribution in [0.3, 0.4) is 0 Å². The Morgan fingerprint density at radius 1 is 1.47 bits per heavy atom. The Morgan fingerprint density at radius 2 is 2.13 bits per heavy atom. The van der Waals surface area contributed by atoms with E-state index >= 15 is 0 Å². The van der Waals surface area contributed by atoms with Gasteiger partial charge in [-0.1, -0.05) is 28.1 Å². The zero-order chi connectivity index (χ0) is 11.5. The van der Waals surface area contributed by atoms with Crippen LogP contribution in [0.15, 0.2) is 28.7 Å². The van der Waals surface area contributed by atoms with E-state index in [9.17, 15) is 8.42 Å². The van der Waals surface area contributed by atoms with Crippen molar-refractivity contribution in [3.8, 4) is 0 Å². The Bertz CT molecular complexity index is 431. The zero-order valence-corrected chi connectivity index (χ0v) is 10.9. The first-order valence-corrected chi connectivity index (χ1v) is 7.42. The molecule has 1 aromatic rings. The van der Waals surface area contributed by atoms with Gasteiger partial charge in [-0.25, -0.2) is 8.42 Å². The van der Waals surface area contributed by atoms with Crippen LogP contribution in [-0.2, 0) is 9.84 Å². The molecule has 0 heterocycles. The largest absolute Gasteiger partial charge is 0.324 e. The predicted octanol–water partition coefficient (Wildman–Crippen LogP) is 1.88. The Labute approximate surface area is 98.7 Å². The zero-order valence-electron chi connectivity index (χ0n) is 8.48. The van der Waals surface area contributed by atoms with E-state index in [0.29, 0.717) is 6.42 Å². The molecule has 0 radical (unpaired) electrons. The minimum atomic E-state index is -2.93. The molecule has 84 valence electrons. The highest BCUT2D eigenvalue weighted by molar-refractivity contribution is 9.10. The van der Waals surface area contributed by atoms with Crippen LogP contribution in [0.1, 0.15) is 18.0 Å². The van der Waals surface area contributed by atoms with Crippen LogP contribution in [0.25, 0.3) is 0 Å². The van der Waals surface area contributed by atoms with Gasteiger partial charge in [-0.3, -0.25) is 0 Å². The lowest BCUT2D eigenvalue weighted by atomic mass is 10.1. The van der Waals surface area contributed by atoms with E-state index in [1.807, 2.05) is 24.3 Å². The molecule has 0 spiro atoms. The third-order valence-electron chi connectivity index (χ3n) is 2.08. The van der Waals surface area contributed by atoms with Crippen molar-refractivity contribution < 1.29 is 8.42 Å². The van der Waals surface area contributed by atoms with Crippen LogP contribution in [0, 0.1) is 0 Å². The van der Waals surface area contributed by atoms with Gasteiger partial charge in [-0.2, -0.15) is 0 Å². The van der Waals surface area contributed by atoms with Gasteiger partial charge in [-0.05, 0) is 24.1 Å². The smallest absolute Gasteiger partial charge is 0.147 e. The van der Waals surface area contributed by atoms with Crippen LogP contribution >= 0.6 is 15.9 Å². The van der Waals surface area contributed by atoms with E-state index < -0.39 is 9.84 Å². The van der Waals surface area contributed by atoms with Gasteiger partial charge in [0, 0.05) is 16.8 Å². The number of sulfone groups is 1. The molecule has 0 aliphatic carbocycles. The molecule has 15 heavy (non-hydrogen) atoms. The SMILES string of the molecule is CS(=O)(=O)CCC(N)c1cccc(Br)c1. The molecule has 1 atom stereocenters. The maximum absolute atomic E-state index is 11.0. The fourth-order valence-corrected chi connectivity index (χ4v) is 2.34. The minimum Gasteiger partial charge on any atom is -0.324 e. The molecular weight excluding hydrogens is 278 g/mol. The van der Waals surface area contributed by atoms with Crippen molar-refractivity contribution in [1.82, 2.24) is 0 Å². The third-order valence-corrected chi connectivity index (χ3v) is 3.55. The van der Waals surface area contributed by atoms with E-state index in [2.05, 4.69) is 15.9 Å². The first kappa shape index (κ1) is 12.7. The van der Waals surface area contributed by atoms with Crippen LogP contribution in [0.4, 0.5) is 0 Å². The van der Waals surface area contributed by atoms with E-state index in [4.69, 9.17) is 5.73 Å². The molecule has 2 N–H and O–H groups in total. The van der Waals surface area contributed by atoms with Gasteiger partial charge in [0.2, 0.25) is 0 Å². The van der Waals surface area contributed by atoms with Crippen molar-refractivity contribution in [1.29, 1.82) is 0 Å². The van der Waals surface area contributed by atoms with Crippen LogP contribution in [0.5, 0.6) is 0 Å². The fourth-order valence-electron chi connectivity index (χ4n) is 1.24. The monoisotopic (exact) mass is 291 g/mol. The summed E-state index contributed by atoms with van der Waals surface area (Å²) in [7, 11) is -2.93. The van der Waals surface area contributed by atoms with Crippen LogP contribution in [0.2, 0.25) is 0 Å². The minimum absolute atomic E-state index is 0.126. The van der Waals surface area contributed by atoms with E-state index in [-0.39, 0.29) is 11.8 Å². The molecule has 1 unspecified atom stereocenters. The molecule has 0 aliphatic heterocycles. The van der Waals surface area contributed by atoms with Crippen LogP contribution in [-0.4, -0.2) is 20.4 Å². The summed E-state index contributed by atoms with van der Waals surface area (Å²) in [6.45, 7) is 0. The van der Waals surface area contributed by atoms with Gasteiger partial charge in [0.05, 0.1) is 5.75 Å². The topological polar surface area (TPSA) is 60.2 Å². The molecule has 3 nitrogen and oxygen atoms in total. The number of halogens is 1. The molecular formula is C10H14BrNO2S. The number of hydrogen-bond acceptors (Lipinski definition) is 3.